The van der Waals surface area contributed by atoms with Crippen LogP contribution in [0.25, 0.3) is 5.69 Å². The van der Waals surface area contributed by atoms with Crippen molar-refractivity contribution in [2.75, 3.05) is 0 Å². The van der Waals surface area contributed by atoms with Crippen LogP contribution < -0.4 is 5.32 Å². The number of nitrogens with zero attached hydrogens (tertiary/aromatic N) is 2. The van der Waals surface area contributed by atoms with Crippen LogP contribution in [0, 0.1) is 5.92 Å². The van der Waals surface area contributed by atoms with Crippen molar-refractivity contribution in [2.24, 2.45) is 5.92 Å². The first-order valence-electron chi connectivity index (χ1n) is 7.32. The molecule has 1 aliphatic rings. The van der Waals surface area contributed by atoms with Gasteiger partial charge < -0.3 is 9.88 Å². The maximum Gasteiger partial charge on any atom is 0.220 e. The van der Waals surface area contributed by atoms with Crippen molar-refractivity contribution in [3.05, 3.63) is 60.7 Å². The van der Waals surface area contributed by atoms with Gasteiger partial charge in [-0.15, -0.1) is 0 Å². The van der Waals surface area contributed by atoms with E-state index >= 15 is 0 Å². The Bertz CT molecular complexity index is 614. The monoisotopic (exact) mass is 281 g/mol. The molecular formula is C17H19N3O. The van der Waals surface area contributed by atoms with E-state index in [0.29, 0.717) is 18.9 Å². The average Bonchev–Trinajstić information content (AvgIpc) is 3.19. The fourth-order valence-corrected chi connectivity index (χ4v) is 2.57. The van der Waals surface area contributed by atoms with Gasteiger partial charge in [0.15, 0.2) is 0 Å². The topological polar surface area (TPSA) is 46.9 Å². The van der Waals surface area contributed by atoms with Gasteiger partial charge in [0.2, 0.25) is 5.91 Å². The van der Waals surface area contributed by atoms with E-state index in [-0.39, 0.29) is 5.91 Å². The van der Waals surface area contributed by atoms with E-state index in [9.17, 15) is 4.79 Å². The fourth-order valence-electron chi connectivity index (χ4n) is 2.57. The van der Waals surface area contributed by atoms with Crippen molar-refractivity contribution in [1.29, 1.82) is 0 Å². The van der Waals surface area contributed by atoms with Gasteiger partial charge in [0.1, 0.15) is 0 Å². The van der Waals surface area contributed by atoms with Crippen LogP contribution in [0.1, 0.15) is 24.8 Å². The maximum atomic E-state index is 11.9. The highest BCUT2D eigenvalue weighted by Crippen LogP contribution is 2.20. The Morgan fingerprint density at radius 3 is 2.86 bits per heavy atom. The molecule has 4 heteroatoms. The SMILES string of the molecule is O=C(C[C@@H]1C=CCC1)NCc1ccc(-n2ccnc2)cc1. The molecule has 1 aromatic heterocycles. The van der Waals surface area contributed by atoms with Gasteiger partial charge in [-0.25, -0.2) is 4.98 Å². The summed E-state index contributed by atoms with van der Waals surface area (Å²) in [5, 5.41) is 2.99. The summed E-state index contributed by atoms with van der Waals surface area (Å²) in [6.45, 7) is 0.583. The molecule has 0 aliphatic heterocycles. The summed E-state index contributed by atoms with van der Waals surface area (Å²) in [4.78, 5) is 15.9. The molecule has 1 amide bonds. The molecule has 0 saturated carbocycles. The number of imidazole rings is 1. The second kappa shape index (κ2) is 6.39. The van der Waals surface area contributed by atoms with E-state index in [1.54, 1.807) is 12.5 Å². The zero-order valence-electron chi connectivity index (χ0n) is 11.9. The number of carbonyl (C=O) groups is 1. The molecule has 21 heavy (non-hydrogen) atoms. The summed E-state index contributed by atoms with van der Waals surface area (Å²) < 4.78 is 1.95. The molecule has 4 nitrogen and oxygen atoms in total. The first kappa shape index (κ1) is 13.6. The number of aromatic nitrogens is 2. The van der Waals surface area contributed by atoms with Gasteiger partial charge >= 0.3 is 0 Å². The van der Waals surface area contributed by atoms with Crippen LogP contribution >= 0.6 is 0 Å². The van der Waals surface area contributed by atoms with E-state index in [1.807, 2.05) is 35.0 Å². The predicted molar refractivity (Wildman–Crippen MR) is 81.9 cm³/mol. The van der Waals surface area contributed by atoms with Crippen LogP contribution in [0.15, 0.2) is 55.1 Å². The lowest BCUT2D eigenvalue weighted by Crippen LogP contribution is -2.24. The lowest BCUT2D eigenvalue weighted by molar-refractivity contribution is -0.121. The standard InChI is InChI=1S/C17H19N3O/c21-17(11-14-3-1-2-4-14)19-12-15-5-7-16(8-6-15)20-10-9-18-13-20/h1,3,5-10,13-14H,2,4,11-12H2,(H,19,21)/t14-/m1/s1. The first-order chi connectivity index (χ1) is 10.3. The van der Waals surface area contributed by atoms with Crippen LogP contribution in [-0.4, -0.2) is 15.5 Å². The number of benzene rings is 1. The smallest absolute Gasteiger partial charge is 0.220 e. The van der Waals surface area contributed by atoms with Gasteiger partial charge in [-0.05, 0) is 36.5 Å². The zero-order chi connectivity index (χ0) is 14.5. The Morgan fingerprint density at radius 1 is 1.33 bits per heavy atom. The summed E-state index contributed by atoms with van der Waals surface area (Å²) in [6.07, 6.45) is 12.6. The fraction of sp³-hybridized carbons (Fsp3) is 0.294. The summed E-state index contributed by atoms with van der Waals surface area (Å²) in [5.41, 5.74) is 2.17. The highest BCUT2D eigenvalue weighted by molar-refractivity contribution is 5.76. The second-order valence-electron chi connectivity index (χ2n) is 5.38. The number of hydrogen-bond acceptors (Lipinski definition) is 2. The van der Waals surface area contributed by atoms with Crippen LogP contribution in [0.2, 0.25) is 0 Å². The molecule has 0 radical (unpaired) electrons. The van der Waals surface area contributed by atoms with Crippen molar-refractivity contribution >= 4 is 5.91 Å². The van der Waals surface area contributed by atoms with Crippen LogP contribution in [0.4, 0.5) is 0 Å². The minimum Gasteiger partial charge on any atom is -0.352 e. The van der Waals surface area contributed by atoms with E-state index in [4.69, 9.17) is 0 Å². The summed E-state index contributed by atoms with van der Waals surface area (Å²) >= 11 is 0. The number of allylic oxidation sites excluding steroid dienone is 2. The number of hydrogen-bond donors (Lipinski definition) is 1. The van der Waals surface area contributed by atoms with Crippen LogP contribution in [0.5, 0.6) is 0 Å². The number of carbonyl (C=O) groups excluding carboxylic acids is 1. The molecule has 0 spiro atoms. The molecule has 108 valence electrons. The highest BCUT2D eigenvalue weighted by Gasteiger charge is 2.13. The van der Waals surface area contributed by atoms with Crippen molar-refractivity contribution in [3.8, 4) is 5.69 Å². The molecule has 0 saturated heterocycles. The quantitative estimate of drug-likeness (QED) is 0.857. The Morgan fingerprint density at radius 2 is 2.19 bits per heavy atom. The highest BCUT2D eigenvalue weighted by atomic mass is 16.1. The summed E-state index contributed by atoms with van der Waals surface area (Å²) in [5.74, 6) is 0.554. The lowest BCUT2D eigenvalue weighted by Gasteiger charge is -2.09. The van der Waals surface area contributed by atoms with Crippen molar-refractivity contribution < 1.29 is 4.79 Å². The van der Waals surface area contributed by atoms with Crippen molar-refractivity contribution in [2.45, 2.75) is 25.8 Å². The molecule has 0 fully saturated rings. The van der Waals surface area contributed by atoms with Gasteiger partial charge in [-0.1, -0.05) is 24.3 Å². The molecule has 0 bridgehead atoms. The van der Waals surface area contributed by atoms with E-state index in [0.717, 1.165) is 24.1 Å². The van der Waals surface area contributed by atoms with Crippen LogP contribution in [-0.2, 0) is 11.3 Å². The third-order valence-electron chi connectivity index (χ3n) is 3.79. The number of rotatable bonds is 5. The largest absolute Gasteiger partial charge is 0.352 e. The third-order valence-corrected chi connectivity index (χ3v) is 3.79. The molecule has 1 aromatic carbocycles. The number of nitrogens with one attached hydrogen (secondary N) is 1. The number of amides is 1. The van der Waals surface area contributed by atoms with Gasteiger partial charge in [-0.2, -0.15) is 0 Å². The lowest BCUT2D eigenvalue weighted by atomic mass is 10.1. The molecule has 1 N–H and O–H groups in total. The van der Waals surface area contributed by atoms with Crippen molar-refractivity contribution in [1.82, 2.24) is 14.9 Å². The second-order valence-corrected chi connectivity index (χ2v) is 5.38. The van der Waals surface area contributed by atoms with Crippen LogP contribution in [0.3, 0.4) is 0 Å². The average molecular weight is 281 g/mol. The van der Waals surface area contributed by atoms with E-state index < -0.39 is 0 Å². The Labute approximate surface area is 124 Å². The molecule has 3 rings (SSSR count). The predicted octanol–water partition coefficient (Wildman–Crippen LogP) is 2.84. The Kier molecular flexibility index (Phi) is 4.15. The van der Waals surface area contributed by atoms with Gasteiger partial charge in [0.25, 0.3) is 0 Å². The molecule has 0 unspecified atom stereocenters. The molecular weight excluding hydrogens is 262 g/mol. The van der Waals surface area contributed by atoms with Gasteiger partial charge in [0, 0.05) is 31.0 Å². The third kappa shape index (κ3) is 3.60. The summed E-state index contributed by atoms with van der Waals surface area (Å²) in [7, 11) is 0. The molecule has 1 atom stereocenters. The van der Waals surface area contributed by atoms with E-state index in [2.05, 4.69) is 22.5 Å². The van der Waals surface area contributed by atoms with Gasteiger partial charge in [-0.3, -0.25) is 4.79 Å². The minimum atomic E-state index is 0.130. The molecule has 2 aromatic rings. The van der Waals surface area contributed by atoms with Gasteiger partial charge in [0.05, 0.1) is 6.33 Å². The maximum absolute atomic E-state index is 11.9. The Balaban J connectivity index is 1.51. The first-order valence-corrected chi connectivity index (χ1v) is 7.32. The zero-order valence-corrected chi connectivity index (χ0v) is 11.9. The molecule has 1 aliphatic carbocycles. The Hall–Kier alpha value is -2.36. The normalized spacial score (nSPS) is 17.0. The van der Waals surface area contributed by atoms with Crippen molar-refractivity contribution in [3.63, 3.8) is 0 Å². The molecule has 1 heterocycles. The van der Waals surface area contributed by atoms with E-state index in [1.165, 1.54) is 0 Å². The summed E-state index contributed by atoms with van der Waals surface area (Å²) in [6, 6.07) is 8.13. The minimum absolute atomic E-state index is 0.130.